The number of hydrogen-bond donors (Lipinski definition) is 5. The number of aliphatic hydroxyl groups excluding tert-OH is 2. The van der Waals surface area contributed by atoms with Crippen LogP contribution in [-0.2, 0) is 41.8 Å². The monoisotopic (exact) mass is 852 g/mol. The zero-order valence-corrected chi connectivity index (χ0v) is 36.5. The van der Waals surface area contributed by atoms with Crippen molar-refractivity contribution in [2.45, 2.75) is 167 Å². The molecule has 0 aromatic rings. The molecule has 4 atom stereocenters. The first-order valence-electron chi connectivity index (χ1n) is 20.7. The van der Waals surface area contributed by atoms with Crippen molar-refractivity contribution >= 4 is 27.6 Å². The molecule has 0 saturated heterocycles. The summed E-state index contributed by atoms with van der Waals surface area (Å²) in [6.07, 6.45) is 31.2. The molecule has 0 bridgehead atoms. The van der Waals surface area contributed by atoms with Crippen LogP contribution in [0.5, 0.6) is 0 Å². The number of aliphatic hydroxyl groups is 2. The molecule has 14 nitrogen and oxygen atoms in total. The van der Waals surface area contributed by atoms with Gasteiger partial charge in [0.05, 0.1) is 25.9 Å². The van der Waals surface area contributed by atoms with Gasteiger partial charge in [-0.3, -0.25) is 23.2 Å². The number of unbranched alkanes of at least 4 members (excludes halogenated alkanes) is 10. The number of hydrogen-bond acceptors (Lipinski definition) is 11. The van der Waals surface area contributed by atoms with E-state index in [2.05, 4.69) is 59.4 Å². The van der Waals surface area contributed by atoms with Gasteiger partial charge in [0.1, 0.15) is 12.7 Å². The minimum atomic E-state index is -4.87. The van der Waals surface area contributed by atoms with Gasteiger partial charge in [0.15, 0.2) is 6.10 Å². The van der Waals surface area contributed by atoms with Gasteiger partial charge in [0.2, 0.25) is 0 Å². The molecule has 0 aromatic carbocycles. The number of carbonyl (C=O) groups is 2. The fourth-order valence-electron chi connectivity index (χ4n) is 5.25. The summed E-state index contributed by atoms with van der Waals surface area (Å²) in [6.45, 7) is 3.50. The second-order valence-corrected chi connectivity index (χ2v) is 17.4. The van der Waals surface area contributed by atoms with E-state index in [4.69, 9.17) is 23.8 Å². The van der Waals surface area contributed by atoms with E-state index < -0.39 is 66.2 Å². The molecule has 0 radical (unpaired) electrons. The molecule has 0 heterocycles. The Kier molecular flexibility index (Phi) is 34.7. The van der Waals surface area contributed by atoms with E-state index in [1.807, 2.05) is 12.2 Å². The maximum Gasteiger partial charge on any atom is 0.472 e. The normalized spacial score (nSPS) is 15.2. The van der Waals surface area contributed by atoms with Crippen molar-refractivity contribution in [3.05, 3.63) is 48.6 Å². The lowest BCUT2D eigenvalue weighted by molar-refractivity contribution is -0.161. The first-order chi connectivity index (χ1) is 27.1. The summed E-state index contributed by atoms with van der Waals surface area (Å²) in [5.74, 6) is -0.363. The van der Waals surface area contributed by atoms with Gasteiger partial charge in [-0.25, -0.2) is 9.13 Å². The van der Waals surface area contributed by atoms with Crippen LogP contribution in [0, 0.1) is 5.92 Å². The van der Waals surface area contributed by atoms with Gasteiger partial charge in [-0.05, 0) is 70.6 Å². The van der Waals surface area contributed by atoms with Gasteiger partial charge in [0, 0.05) is 12.8 Å². The summed E-state index contributed by atoms with van der Waals surface area (Å²) < 4.78 is 47.6. The lowest BCUT2D eigenvalue weighted by Gasteiger charge is -2.20. The highest BCUT2D eigenvalue weighted by Crippen LogP contribution is 2.43. The molecule has 0 amide bonds. The number of rotatable bonds is 38. The highest BCUT2D eigenvalue weighted by molar-refractivity contribution is 7.47. The summed E-state index contributed by atoms with van der Waals surface area (Å²) in [6, 6.07) is 0. The van der Waals surface area contributed by atoms with E-state index in [1.54, 1.807) is 6.92 Å². The summed E-state index contributed by atoms with van der Waals surface area (Å²) in [7, 11) is -9.70. The van der Waals surface area contributed by atoms with Gasteiger partial charge in [-0.15, -0.1) is 0 Å². The molecule has 0 rings (SSSR count). The van der Waals surface area contributed by atoms with Crippen LogP contribution < -0.4 is 0 Å². The Labute approximate surface area is 342 Å². The highest BCUT2D eigenvalue weighted by atomic mass is 31.2. The molecular weight excluding hydrogens is 778 g/mol. The van der Waals surface area contributed by atoms with E-state index in [9.17, 15) is 33.8 Å². The van der Waals surface area contributed by atoms with Crippen LogP contribution in [0.2, 0.25) is 0 Å². The van der Waals surface area contributed by atoms with Gasteiger partial charge in [0.25, 0.3) is 0 Å². The highest BCUT2D eigenvalue weighted by Gasteiger charge is 2.28. The zero-order valence-electron chi connectivity index (χ0n) is 34.7. The average Bonchev–Trinajstić information content (AvgIpc) is 3.14. The molecule has 0 spiro atoms. The fraction of sp³-hybridized carbons (Fsp3) is 0.756. The van der Waals surface area contributed by atoms with Crippen LogP contribution in [-0.4, -0.2) is 81.6 Å². The number of allylic oxidation sites excluding steroid dienone is 8. The van der Waals surface area contributed by atoms with Crippen molar-refractivity contribution in [1.29, 1.82) is 0 Å². The Morgan fingerprint density at radius 1 is 0.544 bits per heavy atom. The zero-order chi connectivity index (χ0) is 42.6. The van der Waals surface area contributed by atoms with E-state index in [0.717, 1.165) is 63.7 Å². The van der Waals surface area contributed by atoms with Crippen LogP contribution in [0.25, 0.3) is 0 Å². The van der Waals surface area contributed by atoms with E-state index in [1.165, 1.54) is 38.5 Å². The predicted octanol–water partition coefficient (Wildman–Crippen LogP) is 9.11. The largest absolute Gasteiger partial charge is 0.472 e. The van der Waals surface area contributed by atoms with Crippen LogP contribution in [0.4, 0.5) is 0 Å². The Bertz CT molecular complexity index is 1230. The van der Waals surface area contributed by atoms with Gasteiger partial charge >= 0.3 is 27.6 Å². The first kappa shape index (κ1) is 55.0. The Morgan fingerprint density at radius 3 is 1.56 bits per heavy atom. The molecule has 0 saturated carbocycles. The maximum atomic E-state index is 12.6. The van der Waals surface area contributed by atoms with E-state index in [0.29, 0.717) is 19.3 Å². The van der Waals surface area contributed by atoms with Crippen molar-refractivity contribution in [2.24, 2.45) is 5.92 Å². The van der Waals surface area contributed by atoms with Crippen molar-refractivity contribution in [3.63, 3.8) is 0 Å². The van der Waals surface area contributed by atoms with E-state index >= 15 is 0 Å². The Hall–Kier alpha value is -1.96. The van der Waals surface area contributed by atoms with Crippen LogP contribution in [0.1, 0.15) is 149 Å². The average molecular weight is 853 g/mol. The van der Waals surface area contributed by atoms with Crippen molar-refractivity contribution in [1.82, 2.24) is 0 Å². The second kappa shape index (κ2) is 35.9. The van der Waals surface area contributed by atoms with Crippen LogP contribution >= 0.6 is 15.6 Å². The van der Waals surface area contributed by atoms with Gasteiger partial charge < -0.3 is 34.4 Å². The number of phosphoric acid groups is 2. The fourth-order valence-corrected chi connectivity index (χ4v) is 6.40. The second-order valence-electron chi connectivity index (χ2n) is 14.7. The van der Waals surface area contributed by atoms with E-state index in [-0.39, 0.29) is 18.9 Å². The molecule has 0 aliphatic heterocycles. The Morgan fingerprint density at radius 2 is 1.02 bits per heavy atom. The molecule has 0 aliphatic rings. The standard InChI is InChI=1S/C41H74O14P2/c1-36(2)28-24-20-16-12-11-15-18-22-26-30-40(44)51-34-39(35-54-57(49,50)53-33-38(43)32-52-56(46,47)48)55-41(45)31-27-23-19-14-10-8-6-4-5-7-9-13-17-21-25-29-37(3)42/h5-8,13-14,17,19,36-39,42-43H,4,9-12,15-16,18,20-35H2,1-3H3,(H,49,50)(H2,46,47,48)/b7-5-,8-6-,17-13-,19-14-/t37-,38-,39+/m0/s1. The smallest absolute Gasteiger partial charge is 0.462 e. The molecule has 16 heteroatoms. The molecule has 0 aliphatic carbocycles. The molecule has 332 valence electrons. The maximum absolute atomic E-state index is 12.6. The molecule has 0 aromatic heterocycles. The van der Waals surface area contributed by atoms with Crippen molar-refractivity contribution in [2.75, 3.05) is 26.4 Å². The minimum absolute atomic E-state index is 0.0431. The topological polar surface area (TPSA) is 216 Å². The van der Waals surface area contributed by atoms with Crippen molar-refractivity contribution in [3.8, 4) is 0 Å². The summed E-state index contributed by atoms with van der Waals surface area (Å²) >= 11 is 0. The number of carbonyl (C=O) groups excluding carboxylic acids is 2. The van der Waals surface area contributed by atoms with Gasteiger partial charge in [-0.1, -0.05) is 120 Å². The van der Waals surface area contributed by atoms with Crippen molar-refractivity contribution < 1.29 is 66.7 Å². The Balaban J connectivity index is 4.65. The lowest BCUT2D eigenvalue weighted by Crippen LogP contribution is -2.29. The molecule has 57 heavy (non-hydrogen) atoms. The summed E-state index contributed by atoms with van der Waals surface area (Å²) in [4.78, 5) is 52.5. The molecule has 1 unspecified atom stereocenters. The van der Waals surface area contributed by atoms with Crippen LogP contribution in [0.15, 0.2) is 48.6 Å². The molecular formula is C41H74O14P2. The quantitative estimate of drug-likeness (QED) is 0.0170. The third-order valence-corrected chi connectivity index (χ3v) is 9.84. The first-order valence-corrected chi connectivity index (χ1v) is 23.7. The molecule has 0 fully saturated rings. The lowest BCUT2D eigenvalue weighted by atomic mass is 10.0. The number of ether oxygens (including phenoxy) is 2. The van der Waals surface area contributed by atoms with Gasteiger partial charge in [-0.2, -0.15) is 0 Å². The minimum Gasteiger partial charge on any atom is -0.462 e. The predicted molar refractivity (Wildman–Crippen MR) is 222 cm³/mol. The SMILES string of the molecule is CC(C)CCCCCCCCCCCC(=O)OC[C@H](COP(=O)(O)OC[C@@H](O)COP(=O)(O)O)OC(=O)CCC/C=C\C/C=C\C/C=C\C/C=C\CCC[C@H](C)O. The summed E-state index contributed by atoms with van der Waals surface area (Å²) in [5.41, 5.74) is 0. The summed E-state index contributed by atoms with van der Waals surface area (Å²) in [5, 5.41) is 19.0. The number of esters is 2. The number of phosphoric ester groups is 2. The molecule has 5 N–H and O–H groups in total. The third kappa shape index (κ3) is 42.0. The van der Waals surface area contributed by atoms with Crippen LogP contribution in [0.3, 0.4) is 0 Å². The third-order valence-electron chi connectivity index (χ3n) is 8.41.